The van der Waals surface area contributed by atoms with Crippen LogP contribution in [-0.4, -0.2) is 18.9 Å². The predicted octanol–water partition coefficient (Wildman–Crippen LogP) is 2.01. The van der Waals surface area contributed by atoms with E-state index in [9.17, 15) is 9.18 Å². The lowest BCUT2D eigenvalue weighted by Crippen LogP contribution is -2.25. The van der Waals surface area contributed by atoms with Gasteiger partial charge in [-0.15, -0.1) is 0 Å². The normalized spacial score (nSPS) is 15.3. The first-order valence-electron chi connectivity index (χ1n) is 5.25. The van der Waals surface area contributed by atoms with Crippen LogP contribution < -0.4 is 5.32 Å². The Morgan fingerprint density at radius 3 is 2.93 bits per heavy atom. The fourth-order valence-corrected chi connectivity index (χ4v) is 1.48. The van der Waals surface area contributed by atoms with Crippen LogP contribution in [0.4, 0.5) is 4.39 Å². The molecule has 1 fully saturated rings. The van der Waals surface area contributed by atoms with Gasteiger partial charge in [-0.2, -0.15) is 0 Å². The molecule has 2 nitrogen and oxygen atoms in total. The molecule has 1 aromatic rings. The Hall–Kier alpha value is -1.22. The number of halogens is 1. The molecule has 1 saturated carbocycles. The third-order valence-corrected chi connectivity index (χ3v) is 2.56. The van der Waals surface area contributed by atoms with Gasteiger partial charge in [0.1, 0.15) is 5.82 Å². The van der Waals surface area contributed by atoms with Gasteiger partial charge < -0.3 is 5.32 Å². The Labute approximate surface area is 88.5 Å². The smallest absolute Gasteiger partial charge is 0.176 e. The van der Waals surface area contributed by atoms with Crippen LogP contribution >= 0.6 is 0 Å². The molecule has 0 amide bonds. The highest BCUT2D eigenvalue weighted by molar-refractivity contribution is 5.97. The second kappa shape index (κ2) is 4.53. The minimum absolute atomic E-state index is 0.0462. The molecule has 1 aliphatic carbocycles. The summed E-state index contributed by atoms with van der Waals surface area (Å²) >= 11 is 0. The number of nitrogens with one attached hydrogen (secondary N) is 1. The monoisotopic (exact) mass is 207 g/mol. The van der Waals surface area contributed by atoms with E-state index in [2.05, 4.69) is 5.32 Å². The highest BCUT2D eigenvalue weighted by atomic mass is 19.1. The van der Waals surface area contributed by atoms with E-state index in [0.717, 1.165) is 12.5 Å². The molecule has 0 bridgehead atoms. The van der Waals surface area contributed by atoms with Crippen LogP contribution in [0.1, 0.15) is 23.2 Å². The Balaban J connectivity index is 1.83. The van der Waals surface area contributed by atoms with E-state index >= 15 is 0 Å². The second-order valence-electron chi connectivity index (χ2n) is 4.01. The third-order valence-electron chi connectivity index (χ3n) is 2.56. The summed E-state index contributed by atoms with van der Waals surface area (Å²) in [5, 5.41) is 3.09. The molecule has 2 rings (SSSR count). The van der Waals surface area contributed by atoms with Gasteiger partial charge in [-0.3, -0.25) is 4.79 Å². The summed E-state index contributed by atoms with van der Waals surface area (Å²) in [6.07, 6.45) is 2.53. The predicted molar refractivity (Wildman–Crippen MR) is 56.3 cm³/mol. The lowest BCUT2D eigenvalue weighted by atomic mass is 10.1. The van der Waals surface area contributed by atoms with Gasteiger partial charge in [0.15, 0.2) is 5.78 Å². The second-order valence-corrected chi connectivity index (χ2v) is 4.01. The van der Waals surface area contributed by atoms with Crippen LogP contribution in [0, 0.1) is 11.7 Å². The van der Waals surface area contributed by atoms with Crippen LogP contribution in [0.2, 0.25) is 0 Å². The third kappa shape index (κ3) is 3.13. The van der Waals surface area contributed by atoms with Crippen molar-refractivity contribution >= 4 is 5.78 Å². The number of Topliss-reactive ketones (excluding diaryl/α,β-unsaturated/α-hetero) is 1. The van der Waals surface area contributed by atoms with Crippen molar-refractivity contribution in [2.45, 2.75) is 12.8 Å². The van der Waals surface area contributed by atoms with Gasteiger partial charge in [0.2, 0.25) is 0 Å². The van der Waals surface area contributed by atoms with Gasteiger partial charge in [0.05, 0.1) is 6.54 Å². The molecule has 1 aromatic carbocycles. The van der Waals surface area contributed by atoms with Gasteiger partial charge in [-0.1, -0.05) is 12.1 Å². The Morgan fingerprint density at radius 1 is 1.47 bits per heavy atom. The van der Waals surface area contributed by atoms with Gasteiger partial charge in [-0.25, -0.2) is 4.39 Å². The molecular formula is C12H14FNO. The molecule has 0 aromatic heterocycles. The van der Waals surface area contributed by atoms with Crippen molar-refractivity contribution in [2.75, 3.05) is 13.1 Å². The van der Waals surface area contributed by atoms with Gasteiger partial charge in [-0.05, 0) is 37.4 Å². The molecule has 0 heterocycles. The zero-order valence-corrected chi connectivity index (χ0v) is 8.50. The van der Waals surface area contributed by atoms with Crippen molar-refractivity contribution < 1.29 is 9.18 Å². The molecule has 1 N–H and O–H groups in total. The molecule has 0 radical (unpaired) electrons. The lowest BCUT2D eigenvalue weighted by molar-refractivity contribution is 0.0990. The summed E-state index contributed by atoms with van der Waals surface area (Å²) in [5.41, 5.74) is 0.443. The molecule has 15 heavy (non-hydrogen) atoms. The summed E-state index contributed by atoms with van der Waals surface area (Å²) in [6, 6.07) is 5.82. The maximum atomic E-state index is 12.8. The molecule has 0 unspecified atom stereocenters. The summed E-state index contributed by atoms with van der Waals surface area (Å²) in [4.78, 5) is 11.6. The Kier molecular flexibility index (Phi) is 3.11. The summed E-state index contributed by atoms with van der Waals surface area (Å²) in [5.74, 6) is 0.350. The van der Waals surface area contributed by atoms with Crippen molar-refractivity contribution in [2.24, 2.45) is 5.92 Å². The molecule has 0 spiro atoms. The van der Waals surface area contributed by atoms with Gasteiger partial charge >= 0.3 is 0 Å². The lowest BCUT2D eigenvalue weighted by Gasteiger charge is -2.02. The maximum absolute atomic E-state index is 12.8. The minimum Gasteiger partial charge on any atom is -0.309 e. The molecule has 0 aliphatic heterocycles. The number of carbonyl (C=O) groups is 1. The first-order chi connectivity index (χ1) is 7.25. The van der Waals surface area contributed by atoms with Crippen molar-refractivity contribution in [1.29, 1.82) is 0 Å². The molecule has 0 saturated heterocycles. The number of ketones is 1. The van der Waals surface area contributed by atoms with Gasteiger partial charge in [0.25, 0.3) is 0 Å². The number of carbonyl (C=O) groups excluding carboxylic acids is 1. The van der Waals surface area contributed by atoms with Crippen molar-refractivity contribution in [3.05, 3.63) is 35.6 Å². The average molecular weight is 207 g/mol. The number of hydrogen-bond donors (Lipinski definition) is 1. The summed E-state index contributed by atoms with van der Waals surface area (Å²) in [6.45, 7) is 1.21. The zero-order valence-electron chi connectivity index (χ0n) is 8.50. The molecular weight excluding hydrogens is 193 g/mol. The van der Waals surface area contributed by atoms with E-state index < -0.39 is 0 Å². The maximum Gasteiger partial charge on any atom is 0.176 e. The Bertz CT molecular complexity index is 360. The molecule has 80 valence electrons. The van der Waals surface area contributed by atoms with E-state index in [1.54, 1.807) is 12.1 Å². The SMILES string of the molecule is O=C(CNCC1CC1)c1cccc(F)c1. The van der Waals surface area contributed by atoms with E-state index in [0.29, 0.717) is 12.1 Å². The van der Waals surface area contributed by atoms with Gasteiger partial charge in [0, 0.05) is 5.56 Å². The van der Waals surface area contributed by atoms with E-state index in [-0.39, 0.29) is 11.6 Å². The largest absolute Gasteiger partial charge is 0.309 e. The molecule has 1 aliphatic rings. The van der Waals surface area contributed by atoms with Crippen LogP contribution in [-0.2, 0) is 0 Å². The van der Waals surface area contributed by atoms with E-state index in [1.165, 1.54) is 25.0 Å². The Morgan fingerprint density at radius 2 is 2.27 bits per heavy atom. The van der Waals surface area contributed by atoms with E-state index in [1.807, 2.05) is 0 Å². The zero-order chi connectivity index (χ0) is 10.7. The first-order valence-corrected chi connectivity index (χ1v) is 5.25. The van der Waals surface area contributed by atoms with Crippen LogP contribution in [0.3, 0.4) is 0 Å². The highest BCUT2D eigenvalue weighted by Crippen LogP contribution is 2.27. The van der Waals surface area contributed by atoms with Crippen LogP contribution in [0.5, 0.6) is 0 Å². The molecule has 0 atom stereocenters. The molecule has 3 heteroatoms. The average Bonchev–Trinajstić information content (AvgIpc) is 3.01. The number of rotatable bonds is 5. The minimum atomic E-state index is -0.358. The van der Waals surface area contributed by atoms with Crippen molar-refractivity contribution in [3.63, 3.8) is 0 Å². The number of benzene rings is 1. The highest BCUT2D eigenvalue weighted by Gasteiger charge is 2.20. The standard InChI is InChI=1S/C12H14FNO/c13-11-3-1-2-10(6-11)12(15)8-14-7-9-4-5-9/h1-3,6,9,14H,4-5,7-8H2. The summed E-state index contributed by atoms with van der Waals surface area (Å²) < 4.78 is 12.8. The van der Waals surface area contributed by atoms with E-state index in [4.69, 9.17) is 0 Å². The van der Waals surface area contributed by atoms with Crippen molar-refractivity contribution in [1.82, 2.24) is 5.32 Å². The fraction of sp³-hybridized carbons (Fsp3) is 0.417. The fourth-order valence-electron chi connectivity index (χ4n) is 1.48. The van der Waals surface area contributed by atoms with Crippen LogP contribution in [0.15, 0.2) is 24.3 Å². The van der Waals surface area contributed by atoms with Crippen LogP contribution in [0.25, 0.3) is 0 Å². The number of hydrogen-bond acceptors (Lipinski definition) is 2. The quantitative estimate of drug-likeness (QED) is 0.748. The first kappa shape index (κ1) is 10.3. The topological polar surface area (TPSA) is 29.1 Å². The summed E-state index contributed by atoms with van der Waals surface area (Å²) in [7, 11) is 0. The van der Waals surface area contributed by atoms with Crippen molar-refractivity contribution in [3.8, 4) is 0 Å².